The molecule has 1 fully saturated rings. The number of aromatic nitrogens is 1. The summed E-state index contributed by atoms with van der Waals surface area (Å²) in [5.41, 5.74) is 0.0784. The number of rotatable bonds is 2. The predicted octanol–water partition coefficient (Wildman–Crippen LogP) is 0.978. The molecule has 1 N–H and O–H groups in total. The van der Waals surface area contributed by atoms with Crippen molar-refractivity contribution in [2.24, 2.45) is 7.05 Å². The second-order valence-corrected chi connectivity index (χ2v) is 4.31. The molecule has 0 aliphatic carbocycles. The molecule has 2 heterocycles. The summed E-state index contributed by atoms with van der Waals surface area (Å²) in [7, 11) is 1.73. The molecule has 17 heavy (non-hydrogen) atoms. The number of carboxylic acid groups (broad SMARTS) is 1. The molecule has 5 heteroatoms. The first-order valence-corrected chi connectivity index (χ1v) is 5.61. The lowest BCUT2D eigenvalue weighted by Crippen LogP contribution is -2.26. The van der Waals surface area contributed by atoms with Crippen molar-refractivity contribution in [2.45, 2.75) is 18.8 Å². The van der Waals surface area contributed by atoms with Gasteiger partial charge in [0.2, 0.25) is 0 Å². The molecule has 5 nitrogen and oxygen atoms in total. The van der Waals surface area contributed by atoms with Crippen LogP contribution in [0.1, 0.15) is 34.7 Å². The van der Waals surface area contributed by atoms with Crippen LogP contribution in [0.15, 0.2) is 17.2 Å². The number of ether oxygens (including phenoxy) is 1. The van der Waals surface area contributed by atoms with Gasteiger partial charge in [-0.05, 0) is 18.8 Å². The smallest absolute Gasteiger partial charge is 0.341 e. The number of aromatic carboxylic acids is 1. The Kier molecular flexibility index (Phi) is 3.28. The second-order valence-electron chi connectivity index (χ2n) is 4.31. The summed E-state index contributed by atoms with van der Waals surface area (Å²) in [4.78, 5) is 23.0. The summed E-state index contributed by atoms with van der Waals surface area (Å²) < 4.78 is 6.88. The Bertz CT molecular complexity index is 486. The summed E-state index contributed by atoms with van der Waals surface area (Å²) in [5, 5.41) is 8.97. The van der Waals surface area contributed by atoms with Crippen LogP contribution in [-0.4, -0.2) is 28.9 Å². The lowest BCUT2D eigenvalue weighted by molar-refractivity contribution is 0.0693. The van der Waals surface area contributed by atoms with E-state index in [1.165, 1.54) is 6.20 Å². The van der Waals surface area contributed by atoms with Crippen LogP contribution in [0.3, 0.4) is 0 Å². The number of pyridine rings is 1. The van der Waals surface area contributed by atoms with Crippen molar-refractivity contribution in [3.05, 3.63) is 33.7 Å². The molecule has 0 aromatic carbocycles. The molecule has 0 saturated carbocycles. The van der Waals surface area contributed by atoms with Gasteiger partial charge in [-0.1, -0.05) is 0 Å². The molecule has 1 aromatic heterocycles. The van der Waals surface area contributed by atoms with E-state index in [9.17, 15) is 9.59 Å². The molecule has 0 bridgehead atoms. The first-order chi connectivity index (χ1) is 8.09. The first kappa shape index (κ1) is 11.9. The third-order valence-corrected chi connectivity index (χ3v) is 3.07. The van der Waals surface area contributed by atoms with Crippen molar-refractivity contribution in [1.82, 2.24) is 4.57 Å². The van der Waals surface area contributed by atoms with Gasteiger partial charge in [0.1, 0.15) is 5.56 Å². The van der Waals surface area contributed by atoms with Crippen LogP contribution in [0, 0.1) is 0 Å². The van der Waals surface area contributed by atoms with E-state index < -0.39 is 5.97 Å². The molecule has 1 aliphatic heterocycles. The highest BCUT2D eigenvalue weighted by molar-refractivity contribution is 5.87. The third kappa shape index (κ3) is 2.39. The summed E-state index contributed by atoms with van der Waals surface area (Å²) in [6.45, 7) is 1.26. The van der Waals surface area contributed by atoms with E-state index in [2.05, 4.69) is 0 Å². The number of carboxylic acids is 1. The molecule has 0 atom stereocenters. The second kappa shape index (κ2) is 4.71. The van der Waals surface area contributed by atoms with E-state index in [1.807, 2.05) is 0 Å². The fourth-order valence-corrected chi connectivity index (χ4v) is 2.18. The van der Waals surface area contributed by atoms with E-state index in [0.717, 1.165) is 12.8 Å². The monoisotopic (exact) mass is 237 g/mol. The van der Waals surface area contributed by atoms with Crippen LogP contribution in [0.2, 0.25) is 0 Å². The maximum absolute atomic E-state index is 12.0. The number of aryl methyl sites for hydroxylation is 1. The maximum atomic E-state index is 12.0. The standard InChI is InChI=1S/C12H15NO4/c1-13-6-9(8-2-4-17-5-3-8)11(14)10(7-13)12(15)16/h6-8H,2-5H2,1H3,(H,15,16). The highest BCUT2D eigenvalue weighted by Crippen LogP contribution is 2.24. The van der Waals surface area contributed by atoms with Gasteiger partial charge in [-0.2, -0.15) is 0 Å². The number of hydrogen-bond acceptors (Lipinski definition) is 3. The quantitative estimate of drug-likeness (QED) is 0.832. The van der Waals surface area contributed by atoms with E-state index >= 15 is 0 Å². The van der Waals surface area contributed by atoms with E-state index in [4.69, 9.17) is 9.84 Å². The Morgan fingerprint density at radius 3 is 2.65 bits per heavy atom. The number of hydrogen-bond donors (Lipinski definition) is 1. The van der Waals surface area contributed by atoms with Crippen LogP contribution in [0.25, 0.3) is 0 Å². The molecule has 0 spiro atoms. The van der Waals surface area contributed by atoms with Crippen molar-refractivity contribution in [3.8, 4) is 0 Å². The Balaban J connectivity index is 2.46. The van der Waals surface area contributed by atoms with Gasteiger partial charge in [0.15, 0.2) is 5.43 Å². The minimum atomic E-state index is -1.17. The SMILES string of the molecule is Cn1cc(C(=O)O)c(=O)c(C2CCOCC2)c1. The fraction of sp³-hybridized carbons (Fsp3) is 0.500. The predicted molar refractivity (Wildman–Crippen MR) is 61.4 cm³/mol. The summed E-state index contributed by atoms with van der Waals surface area (Å²) >= 11 is 0. The van der Waals surface area contributed by atoms with Crippen LogP contribution >= 0.6 is 0 Å². The molecule has 1 aromatic rings. The van der Waals surface area contributed by atoms with Gasteiger partial charge in [-0.25, -0.2) is 4.79 Å². The topological polar surface area (TPSA) is 68.5 Å². The molecule has 0 unspecified atom stereocenters. The highest BCUT2D eigenvalue weighted by atomic mass is 16.5. The molecule has 1 saturated heterocycles. The van der Waals surface area contributed by atoms with Crippen LogP contribution in [-0.2, 0) is 11.8 Å². The van der Waals surface area contributed by atoms with Gasteiger partial charge < -0.3 is 14.4 Å². The average molecular weight is 237 g/mol. The zero-order valence-corrected chi connectivity index (χ0v) is 9.68. The molecule has 1 aliphatic rings. The van der Waals surface area contributed by atoms with Crippen LogP contribution in [0.4, 0.5) is 0 Å². The van der Waals surface area contributed by atoms with Crippen LogP contribution in [0.5, 0.6) is 0 Å². The van der Waals surface area contributed by atoms with Gasteiger partial charge in [0, 0.05) is 38.2 Å². The average Bonchev–Trinajstić information content (AvgIpc) is 2.32. The van der Waals surface area contributed by atoms with E-state index in [0.29, 0.717) is 18.8 Å². The Morgan fingerprint density at radius 2 is 2.06 bits per heavy atom. The van der Waals surface area contributed by atoms with Gasteiger partial charge in [-0.3, -0.25) is 4.79 Å². The normalized spacial score (nSPS) is 17.0. The molecule has 92 valence electrons. The Morgan fingerprint density at radius 1 is 1.41 bits per heavy atom. The fourth-order valence-electron chi connectivity index (χ4n) is 2.18. The number of nitrogens with zero attached hydrogens (tertiary/aromatic N) is 1. The van der Waals surface area contributed by atoms with Gasteiger partial charge >= 0.3 is 5.97 Å². The summed E-state index contributed by atoms with van der Waals surface area (Å²) in [6, 6.07) is 0. The lowest BCUT2D eigenvalue weighted by Gasteiger charge is -2.22. The zero-order valence-electron chi connectivity index (χ0n) is 9.68. The zero-order chi connectivity index (χ0) is 12.4. The number of carbonyl (C=O) groups is 1. The third-order valence-electron chi connectivity index (χ3n) is 3.07. The van der Waals surface area contributed by atoms with Crippen molar-refractivity contribution in [3.63, 3.8) is 0 Å². The van der Waals surface area contributed by atoms with Crippen molar-refractivity contribution < 1.29 is 14.6 Å². The maximum Gasteiger partial charge on any atom is 0.341 e. The minimum Gasteiger partial charge on any atom is -0.477 e. The van der Waals surface area contributed by atoms with Gasteiger partial charge in [0.25, 0.3) is 0 Å². The van der Waals surface area contributed by atoms with E-state index in [1.54, 1.807) is 17.8 Å². The van der Waals surface area contributed by atoms with Gasteiger partial charge in [0.05, 0.1) is 0 Å². The van der Waals surface area contributed by atoms with Crippen LogP contribution < -0.4 is 5.43 Å². The molecule has 0 amide bonds. The molecule has 0 radical (unpaired) electrons. The summed E-state index contributed by atoms with van der Waals surface area (Å²) in [6.07, 6.45) is 4.63. The van der Waals surface area contributed by atoms with Gasteiger partial charge in [-0.15, -0.1) is 0 Å². The first-order valence-electron chi connectivity index (χ1n) is 5.61. The molecule has 2 rings (SSSR count). The van der Waals surface area contributed by atoms with Crippen molar-refractivity contribution in [2.75, 3.05) is 13.2 Å². The minimum absolute atomic E-state index is 0.113. The summed E-state index contributed by atoms with van der Waals surface area (Å²) in [5.74, 6) is -1.05. The largest absolute Gasteiger partial charge is 0.477 e. The molecular weight excluding hydrogens is 222 g/mol. The van der Waals surface area contributed by atoms with Crippen molar-refractivity contribution >= 4 is 5.97 Å². The van der Waals surface area contributed by atoms with E-state index in [-0.39, 0.29) is 16.9 Å². The highest BCUT2D eigenvalue weighted by Gasteiger charge is 2.22. The van der Waals surface area contributed by atoms with Crippen molar-refractivity contribution in [1.29, 1.82) is 0 Å². The lowest BCUT2D eigenvalue weighted by atomic mass is 9.91. The molecular formula is C12H15NO4. The Labute approximate surface area is 98.6 Å². The Hall–Kier alpha value is -1.62.